The molecule has 4 heterocycles. The van der Waals surface area contributed by atoms with Gasteiger partial charge in [0, 0.05) is 33.9 Å². The minimum Gasteiger partial charge on any atom is -0.456 e. The van der Waals surface area contributed by atoms with Gasteiger partial charge in [0.1, 0.15) is 22.3 Å². The third-order valence-electron chi connectivity index (χ3n) is 8.14. The van der Waals surface area contributed by atoms with Crippen LogP contribution in [0.2, 0.25) is 0 Å². The van der Waals surface area contributed by atoms with E-state index in [2.05, 4.69) is 24.8 Å². The summed E-state index contributed by atoms with van der Waals surface area (Å²) in [5.74, 6) is 0. The van der Waals surface area contributed by atoms with Crippen LogP contribution in [-0.4, -0.2) is 19.6 Å². The van der Waals surface area contributed by atoms with Crippen molar-refractivity contribution in [3.63, 3.8) is 0 Å². The zero-order valence-corrected chi connectivity index (χ0v) is 23.2. The van der Waals surface area contributed by atoms with E-state index in [9.17, 15) is 5.26 Å². The summed E-state index contributed by atoms with van der Waals surface area (Å²) in [5.41, 5.74) is 7.29. The minimum atomic E-state index is -0.471. The Morgan fingerprint density at radius 1 is 0.674 bits per heavy atom. The highest BCUT2D eigenvalue weighted by atomic mass is 16.3. The molecule has 8 heteroatoms. The Morgan fingerprint density at radius 3 is 1.70 bits per heavy atom. The van der Waals surface area contributed by atoms with Gasteiger partial charge in [-0.1, -0.05) is 6.07 Å². The van der Waals surface area contributed by atoms with Crippen LogP contribution in [0.1, 0.15) is 30.8 Å². The SMILES string of the molecule is [C-]#[N+]c1ccc2oc3ccc(-n4ccc(C(C)(C)c5ccn(-c6ccc7oc8ccc(C#N)cc8c7c6)n5)n4)cc3c2c1. The normalized spacial score (nSPS) is 11.9. The first-order valence-electron chi connectivity index (χ1n) is 13.7. The van der Waals surface area contributed by atoms with E-state index in [4.69, 9.17) is 25.6 Å². The molecule has 0 bridgehead atoms. The zero-order valence-electron chi connectivity index (χ0n) is 23.2. The molecular weight excluding hydrogens is 536 g/mol. The summed E-state index contributed by atoms with van der Waals surface area (Å²) in [7, 11) is 0. The van der Waals surface area contributed by atoms with Gasteiger partial charge in [-0.05, 0) is 92.7 Å². The number of rotatable bonds is 4. The monoisotopic (exact) mass is 558 g/mol. The standard InChI is InChI=1S/C35H22N6O2/c1-35(2,33-12-14-40(38-33)23-6-10-31-27(18-23)25-16-21(20-36)4-8-29(25)42-31)34-13-15-41(39-34)24-7-11-32-28(19-24)26-17-22(37-3)5-9-30(26)43-32/h4-19H,1-2H3. The lowest BCUT2D eigenvalue weighted by atomic mass is 9.86. The number of aromatic nitrogens is 4. The molecule has 204 valence electrons. The predicted octanol–water partition coefficient (Wildman–Crippen LogP) is 8.61. The van der Waals surface area contributed by atoms with E-state index in [1.165, 1.54) is 0 Å². The lowest BCUT2D eigenvalue weighted by Crippen LogP contribution is -2.21. The van der Waals surface area contributed by atoms with Gasteiger partial charge < -0.3 is 8.83 Å². The topological polar surface area (TPSA) is 90.1 Å². The second-order valence-corrected chi connectivity index (χ2v) is 11.1. The predicted molar refractivity (Wildman–Crippen MR) is 165 cm³/mol. The van der Waals surface area contributed by atoms with Crippen LogP contribution in [0.25, 0.3) is 60.1 Å². The molecular formula is C35H22N6O2. The third-order valence-corrected chi connectivity index (χ3v) is 8.14. The number of nitriles is 1. The van der Waals surface area contributed by atoms with Crippen LogP contribution in [0, 0.1) is 17.9 Å². The molecule has 0 N–H and O–H groups in total. The van der Waals surface area contributed by atoms with E-state index >= 15 is 0 Å². The Morgan fingerprint density at radius 2 is 1.16 bits per heavy atom. The lowest BCUT2D eigenvalue weighted by Gasteiger charge is -2.19. The smallest absolute Gasteiger partial charge is 0.188 e. The van der Waals surface area contributed by atoms with Crippen LogP contribution in [-0.2, 0) is 5.41 Å². The highest BCUT2D eigenvalue weighted by Gasteiger charge is 2.29. The summed E-state index contributed by atoms with van der Waals surface area (Å²) >= 11 is 0. The molecule has 0 unspecified atom stereocenters. The van der Waals surface area contributed by atoms with Crippen LogP contribution in [0.5, 0.6) is 0 Å². The van der Waals surface area contributed by atoms with Crippen molar-refractivity contribution < 1.29 is 8.83 Å². The molecule has 0 saturated carbocycles. The molecule has 8 nitrogen and oxygen atoms in total. The molecule has 4 aromatic heterocycles. The van der Waals surface area contributed by atoms with Crippen molar-refractivity contribution in [2.45, 2.75) is 19.3 Å². The van der Waals surface area contributed by atoms with Crippen molar-refractivity contribution in [2.75, 3.05) is 0 Å². The maximum absolute atomic E-state index is 9.35. The average Bonchev–Trinajstić information content (AvgIpc) is 3.84. The summed E-state index contributed by atoms with van der Waals surface area (Å²) in [6.07, 6.45) is 3.91. The van der Waals surface area contributed by atoms with Crippen molar-refractivity contribution in [2.24, 2.45) is 0 Å². The number of benzene rings is 4. The average molecular weight is 559 g/mol. The molecule has 0 amide bonds. The van der Waals surface area contributed by atoms with Crippen LogP contribution >= 0.6 is 0 Å². The fourth-order valence-electron chi connectivity index (χ4n) is 5.68. The van der Waals surface area contributed by atoms with Crippen LogP contribution in [0.15, 0.2) is 106 Å². The summed E-state index contributed by atoms with van der Waals surface area (Å²) in [5, 5.41) is 22.9. The highest BCUT2D eigenvalue weighted by Crippen LogP contribution is 2.35. The first kappa shape index (κ1) is 24.7. The molecule has 8 rings (SSSR count). The molecule has 0 saturated heterocycles. The van der Waals surface area contributed by atoms with Crippen LogP contribution in [0.3, 0.4) is 0 Å². The van der Waals surface area contributed by atoms with Gasteiger partial charge in [-0.2, -0.15) is 15.5 Å². The molecule has 0 aliphatic rings. The van der Waals surface area contributed by atoms with Crippen molar-refractivity contribution in [1.29, 1.82) is 5.26 Å². The fraction of sp³-hybridized carbons (Fsp3) is 0.0857. The van der Waals surface area contributed by atoms with Gasteiger partial charge >= 0.3 is 0 Å². The van der Waals surface area contributed by atoms with Gasteiger partial charge in [0.2, 0.25) is 0 Å². The van der Waals surface area contributed by atoms with E-state index in [-0.39, 0.29) is 0 Å². The Labute approximate surface area is 245 Å². The van der Waals surface area contributed by atoms with Crippen LogP contribution in [0.4, 0.5) is 5.69 Å². The molecule has 0 aliphatic carbocycles. The van der Waals surface area contributed by atoms with Gasteiger partial charge in [-0.3, -0.25) is 0 Å². The largest absolute Gasteiger partial charge is 0.456 e. The van der Waals surface area contributed by atoms with Gasteiger partial charge in [0.05, 0.1) is 46.4 Å². The summed E-state index contributed by atoms with van der Waals surface area (Å²) in [4.78, 5) is 3.57. The molecule has 0 aliphatic heterocycles. The van der Waals surface area contributed by atoms with E-state index in [0.717, 1.165) is 66.6 Å². The van der Waals surface area contributed by atoms with E-state index in [1.807, 2.05) is 94.6 Å². The first-order valence-corrected chi connectivity index (χ1v) is 13.7. The number of fused-ring (bicyclic) bond motifs is 6. The second-order valence-electron chi connectivity index (χ2n) is 11.1. The molecule has 43 heavy (non-hydrogen) atoms. The number of hydrogen-bond acceptors (Lipinski definition) is 5. The maximum atomic E-state index is 9.35. The molecule has 0 radical (unpaired) electrons. The number of furan rings is 2. The molecule has 4 aromatic carbocycles. The van der Waals surface area contributed by atoms with Crippen molar-refractivity contribution in [3.8, 4) is 17.4 Å². The van der Waals surface area contributed by atoms with E-state index in [1.54, 1.807) is 12.1 Å². The van der Waals surface area contributed by atoms with Crippen molar-refractivity contribution in [3.05, 3.63) is 126 Å². The van der Waals surface area contributed by atoms with Crippen molar-refractivity contribution in [1.82, 2.24) is 19.6 Å². The van der Waals surface area contributed by atoms with Gasteiger partial charge in [-0.15, -0.1) is 0 Å². The molecule has 8 aromatic rings. The summed E-state index contributed by atoms with van der Waals surface area (Å²) in [6.45, 7) is 11.6. The zero-order chi connectivity index (χ0) is 29.3. The summed E-state index contributed by atoms with van der Waals surface area (Å²) < 4.78 is 15.7. The number of nitrogens with zero attached hydrogens (tertiary/aromatic N) is 6. The lowest BCUT2D eigenvalue weighted by molar-refractivity contribution is 0.576. The fourth-order valence-corrected chi connectivity index (χ4v) is 5.68. The Hall–Kier alpha value is -6.12. The first-order chi connectivity index (χ1) is 20.9. The summed E-state index contributed by atoms with van der Waals surface area (Å²) in [6, 6.07) is 29.1. The highest BCUT2D eigenvalue weighted by molar-refractivity contribution is 6.07. The van der Waals surface area contributed by atoms with Gasteiger partial charge in [0.25, 0.3) is 0 Å². The quantitative estimate of drug-likeness (QED) is 0.202. The minimum absolute atomic E-state index is 0.471. The molecule has 0 spiro atoms. The van der Waals surface area contributed by atoms with Gasteiger partial charge in [0.15, 0.2) is 5.69 Å². The number of hydrogen-bond donors (Lipinski definition) is 0. The van der Waals surface area contributed by atoms with E-state index < -0.39 is 5.41 Å². The Balaban J connectivity index is 1.13. The van der Waals surface area contributed by atoms with Crippen LogP contribution < -0.4 is 0 Å². The third kappa shape index (κ3) is 3.82. The second kappa shape index (κ2) is 8.94. The Kier molecular flexibility index (Phi) is 5.13. The van der Waals surface area contributed by atoms with Gasteiger partial charge in [-0.25, -0.2) is 14.2 Å². The van der Waals surface area contributed by atoms with Crippen molar-refractivity contribution >= 4 is 49.6 Å². The van der Waals surface area contributed by atoms with E-state index in [0.29, 0.717) is 11.3 Å². The Bertz CT molecular complexity index is 2300. The molecule has 0 atom stereocenters. The maximum Gasteiger partial charge on any atom is 0.188 e. The molecule has 0 fully saturated rings.